The number of aromatic nitrogens is 1. The van der Waals surface area contributed by atoms with Crippen LogP contribution >= 0.6 is 11.3 Å². The summed E-state index contributed by atoms with van der Waals surface area (Å²) in [6.45, 7) is 0. The summed E-state index contributed by atoms with van der Waals surface area (Å²) in [6, 6.07) is 7.01. The molecular formula is C10H8N2OS. The van der Waals surface area contributed by atoms with E-state index in [1.165, 1.54) is 11.3 Å². The number of rotatable bonds is 2. The summed E-state index contributed by atoms with van der Waals surface area (Å²) >= 11 is 1.40. The van der Waals surface area contributed by atoms with Gasteiger partial charge in [-0.05, 0) is 23.6 Å². The number of nitrogen functional groups attached to an aromatic ring is 1. The number of hydrogen-bond acceptors (Lipinski definition) is 4. The van der Waals surface area contributed by atoms with Gasteiger partial charge in [-0.3, -0.25) is 4.79 Å². The average molecular weight is 204 g/mol. The van der Waals surface area contributed by atoms with Gasteiger partial charge in [0.05, 0.1) is 10.4 Å². The van der Waals surface area contributed by atoms with Crippen molar-refractivity contribution in [2.45, 2.75) is 0 Å². The highest BCUT2D eigenvalue weighted by Crippen LogP contribution is 2.17. The van der Waals surface area contributed by atoms with E-state index >= 15 is 0 Å². The number of carbonyl (C=O) groups is 1. The zero-order chi connectivity index (χ0) is 9.97. The zero-order valence-electron chi connectivity index (χ0n) is 7.31. The van der Waals surface area contributed by atoms with E-state index in [1.54, 1.807) is 24.4 Å². The number of hydrogen-bond donors (Lipinski definition) is 1. The molecular weight excluding hydrogens is 196 g/mol. The molecule has 0 fully saturated rings. The van der Waals surface area contributed by atoms with Crippen molar-refractivity contribution in [2.24, 2.45) is 0 Å². The Balaban J connectivity index is 2.42. The monoisotopic (exact) mass is 204 g/mol. The molecule has 0 spiro atoms. The Bertz CT molecular complexity index is 451. The van der Waals surface area contributed by atoms with Crippen LogP contribution in [0, 0.1) is 0 Å². The lowest BCUT2D eigenvalue weighted by Gasteiger charge is -2.00. The van der Waals surface area contributed by atoms with E-state index in [1.807, 2.05) is 11.4 Å². The molecule has 2 N–H and O–H groups in total. The molecule has 0 saturated carbocycles. The van der Waals surface area contributed by atoms with Crippen LogP contribution in [0.4, 0.5) is 5.82 Å². The van der Waals surface area contributed by atoms with Crippen molar-refractivity contribution in [3.8, 4) is 0 Å². The van der Waals surface area contributed by atoms with Gasteiger partial charge in [0.1, 0.15) is 5.82 Å². The molecule has 0 aromatic carbocycles. The van der Waals surface area contributed by atoms with Crippen LogP contribution in [-0.2, 0) is 0 Å². The highest BCUT2D eigenvalue weighted by molar-refractivity contribution is 7.12. The number of ketones is 1. The van der Waals surface area contributed by atoms with Crippen molar-refractivity contribution in [2.75, 3.05) is 5.73 Å². The van der Waals surface area contributed by atoms with Crippen LogP contribution in [-0.4, -0.2) is 10.8 Å². The molecule has 0 aliphatic carbocycles. The molecule has 3 nitrogen and oxygen atoms in total. The van der Waals surface area contributed by atoms with Gasteiger partial charge in [0.25, 0.3) is 0 Å². The van der Waals surface area contributed by atoms with Crippen LogP contribution in [0.1, 0.15) is 15.2 Å². The molecule has 0 bridgehead atoms. The minimum atomic E-state index is -0.0643. The van der Waals surface area contributed by atoms with Crippen LogP contribution in [0.25, 0.3) is 0 Å². The normalized spacial score (nSPS) is 10.0. The number of thiophene rings is 1. The first kappa shape index (κ1) is 8.90. The Kier molecular flexibility index (Phi) is 2.28. The number of nitrogens with zero attached hydrogens (tertiary/aromatic N) is 1. The number of pyridine rings is 1. The SMILES string of the molecule is Nc1ncccc1C(=O)c1cccs1. The number of carbonyl (C=O) groups excluding carboxylic acids is 1. The Morgan fingerprint density at radius 1 is 1.36 bits per heavy atom. The minimum Gasteiger partial charge on any atom is -0.383 e. The zero-order valence-corrected chi connectivity index (χ0v) is 8.12. The van der Waals surface area contributed by atoms with Gasteiger partial charge < -0.3 is 5.73 Å². The van der Waals surface area contributed by atoms with E-state index in [4.69, 9.17) is 5.73 Å². The molecule has 0 radical (unpaired) electrons. The predicted molar refractivity (Wildman–Crippen MR) is 56.4 cm³/mol. The van der Waals surface area contributed by atoms with Crippen LogP contribution in [0.3, 0.4) is 0 Å². The fraction of sp³-hybridized carbons (Fsp3) is 0. The first-order valence-electron chi connectivity index (χ1n) is 4.08. The Morgan fingerprint density at radius 2 is 2.21 bits per heavy atom. The second kappa shape index (κ2) is 3.59. The summed E-state index contributed by atoms with van der Waals surface area (Å²) in [4.78, 5) is 16.4. The largest absolute Gasteiger partial charge is 0.383 e. The molecule has 2 aromatic heterocycles. The Morgan fingerprint density at radius 3 is 2.86 bits per heavy atom. The molecule has 14 heavy (non-hydrogen) atoms. The van der Waals surface area contributed by atoms with Crippen molar-refractivity contribution in [1.29, 1.82) is 0 Å². The fourth-order valence-electron chi connectivity index (χ4n) is 1.15. The van der Waals surface area contributed by atoms with Gasteiger partial charge in [-0.15, -0.1) is 11.3 Å². The van der Waals surface area contributed by atoms with Crippen molar-refractivity contribution in [1.82, 2.24) is 4.98 Å². The van der Waals surface area contributed by atoms with Crippen molar-refractivity contribution >= 4 is 22.9 Å². The van der Waals surface area contributed by atoms with Gasteiger partial charge in [0.15, 0.2) is 0 Å². The average Bonchev–Trinajstić information content (AvgIpc) is 2.70. The standard InChI is InChI=1S/C10H8N2OS/c11-10-7(3-1-5-12-10)9(13)8-4-2-6-14-8/h1-6H,(H2,11,12). The maximum Gasteiger partial charge on any atom is 0.206 e. The Labute approximate surface area is 85.2 Å². The smallest absolute Gasteiger partial charge is 0.206 e. The van der Waals surface area contributed by atoms with E-state index in [-0.39, 0.29) is 11.6 Å². The molecule has 70 valence electrons. The summed E-state index contributed by atoms with van der Waals surface area (Å²) in [5.74, 6) is 0.219. The highest BCUT2D eigenvalue weighted by Gasteiger charge is 2.12. The fourth-order valence-corrected chi connectivity index (χ4v) is 1.83. The van der Waals surface area contributed by atoms with Crippen LogP contribution in [0.2, 0.25) is 0 Å². The quantitative estimate of drug-likeness (QED) is 0.761. The third-order valence-electron chi connectivity index (χ3n) is 1.83. The Hall–Kier alpha value is -1.68. The van der Waals surface area contributed by atoms with Gasteiger partial charge in [-0.2, -0.15) is 0 Å². The van der Waals surface area contributed by atoms with Gasteiger partial charge in [0, 0.05) is 6.20 Å². The molecule has 2 rings (SSSR count). The molecule has 0 saturated heterocycles. The van der Waals surface area contributed by atoms with Gasteiger partial charge in [-0.1, -0.05) is 6.07 Å². The molecule has 0 aliphatic rings. The van der Waals surface area contributed by atoms with E-state index in [9.17, 15) is 4.79 Å². The van der Waals surface area contributed by atoms with Gasteiger partial charge in [0.2, 0.25) is 5.78 Å². The van der Waals surface area contributed by atoms with Crippen LogP contribution in [0.15, 0.2) is 35.8 Å². The lowest BCUT2D eigenvalue weighted by Crippen LogP contribution is -2.04. The van der Waals surface area contributed by atoms with Crippen LogP contribution in [0.5, 0.6) is 0 Å². The van der Waals surface area contributed by atoms with Crippen molar-refractivity contribution in [3.63, 3.8) is 0 Å². The molecule has 2 heterocycles. The maximum absolute atomic E-state index is 11.8. The summed E-state index contributed by atoms with van der Waals surface area (Å²) in [5.41, 5.74) is 6.07. The molecule has 2 aromatic rings. The number of nitrogens with two attached hydrogens (primary N) is 1. The van der Waals surface area contributed by atoms with Gasteiger partial charge >= 0.3 is 0 Å². The summed E-state index contributed by atoms with van der Waals surface area (Å²) in [6.07, 6.45) is 1.57. The maximum atomic E-state index is 11.8. The first-order valence-corrected chi connectivity index (χ1v) is 4.95. The van der Waals surface area contributed by atoms with Crippen molar-refractivity contribution in [3.05, 3.63) is 46.3 Å². The van der Waals surface area contributed by atoms with E-state index < -0.39 is 0 Å². The predicted octanol–water partition coefficient (Wildman–Crippen LogP) is 1.96. The molecule has 0 unspecified atom stereocenters. The molecule has 0 amide bonds. The van der Waals surface area contributed by atoms with Crippen molar-refractivity contribution < 1.29 is 4.79 Å². The van der Waals surface area contributed by atoms with Gasteiger partial charge in [-0.25, -0.2) is 4.98 Å². The second-order valence-corrected chi connectivity index (χ2v) is 3.69. The number of anilines is 1. The van der Waals surface area contributed by atoms with E-state index in [0.29, 0.717) is 10.4 Å². The highest BCUT2D eigenvalue weighted by atomic mass is 32.1. The third kappa shape index (κ3) is 1.52. The lowest BCUT2D eigenvalue weighted by molar-refractivity contribution is 0.104. The van der Waals surface area contributed by atoms with E-state index in [0.717, 1.165) is 0 Å². The molecule has 4 heteroatoms. The first-order chi connectivity index (χ1) is 6.79. The van der Waals surface area contributed by atoms with E-state index in [2.05, 4.69) is 4.98 Å². The minimum absolute atomic E-state index is 0.0643. The van der Waals surface area contributed by atoms with Crippen LogP contribution < -0.4 is 5.73 Å². The topological polar surface area (TPSA) is 56.0 Å². The third-order valence-corrected chi connectivity index (χ3v) is 2.70. The summed E-state index contributed by atoms with van der Waals surface area (Å²) < 4.78 is 0. The summed E-state index contributed by atoms with van der Waals surface area (Å²) in [7, 11) is 0. The lowest BCUT2D eigenvalue weighted by atomic mass is 10.1. The molecule has 0 atom stereocenters. The molecule has 0 aliphatic heterocycles. The second-order valence-electron chi connectivity index (χ2n) is 2.74. The summed E-state index contributed by atoms with van der Waals surface area (Å²) in [5, 5.41) is 1.86.